The Morgan fingerprint density at radius 2 is 1.90 bits per heavy atom. The van der Waals surface area contributed by atoms with Gasteiger partial charge in [0.25, 0.3) is 0 Å². The molecular formula is C17H27BO3. The Balaban J connectivity index is 2.77. The molecule has 0 amide bonds. The maximum Gasteiger partial charge on any atom is 0.707 e. The highest BCUT2D eigenvalue weighted by Crippen LogP contribution is 2.34. The van der Waals surface area contributed by atoms with Crippen molar-refractivity contribution in [3.8, 4) is 5.75 Å². The van der Waals surface area contributed by atoms with Gasteiger partial charge in [0.1, 0.15) is 5.75 Å². The lowest BCUT2D eigenvalue weighted by Crippen LogP contribution is -2.21. The van der Waals surface area contributed by atoms with Gasteiger partial charge < -0.3 is 14.7 Å². The summed E-state index contributed by atoms with van der Waals surface area (Å²) in [6.45, 7) is 5.95. The Kier molecular flexibility index (Phi) is 8.87. The molecule has 1 aromatic carbocycles. The van der Waals surface area contributed by atoms with Crippen LogP contribution >= 0.6 is 0 Å². The van der Waals surface area contributed by atoms with E-state index in [-0.39, 0.29) is 0 Å². The molecule has 0 fully saturated rings. The minimum absolute atomic E-state index is 0.407. The van der Waals surface area contributed by atoms with Crippen molar-refractivity contribution < 1.29 is 14.7 Å². The molecule has 4 heteroatoms. The molecule has 0 bridgehead atoms. The lowest BCUT2D eigenvalue weighted by atomic mass is 9.88. The van der Waals surface area contributed by atoms with Crippen LogP contribution in [0, 0.1) is 0 Å². The molecule has 116 valence electrons. The molecule has 0 aliphatic carbocycles. The predicted octanol–water partition coefficient (Wildman–Crippen LogP) is 4.06. The fraction of sp³-hybridized carbons (Fsp3) is 0.529. The Hall–Kier alpha value is -1.26. The monoisotopic (exact) mass is 290 g/mol. The summed E-state index contributed by atoms with van der Waals surface area (Å²) in [6.07, 6.45) is 9.83. The molecule has 1 unspecified atom stereocenters. The van der Waals surface area contributed by atoms with E-state index in [0.717, 1.165) is 44.1 Å². The van der Waals surface area contributed by atoms with E-state index in [1.54, 1.807) is 6.07 Å². The second-order valence-electron chi connectivity index (χ2n) is 5.39. The van der Waals surface area contributed by atoms with Crippen molar-refractivity contribution in [3.05, 3.63) is 42.5 Å². The molecule has 0 aromatic heterocycles. The summed E-state index contributed by atoms with van der Waals surface area (Å²) in [7, 11) is -1.77. The van der Waals surface area contributed by atoms with E-state index in [1.165, 1.54) is 6.42 Å². The van der Waals surface area contributed by atoms with Gasteiger partial charge in [-0.1, -0.05) is 50.5 Å². The van der Waals surface area contributed by atoms with Crippen LogP contribution in [0.1, 0.15) is 63.4 Å². The van der Waals surface area contributed by atoms with Crippen molar-refractivity contribution in [1.29, 1.82) is 0 Å². The van der Waals surface area contributed by atoms with Crippen molar-refractivity contribution in [2.24, 2.45) is 0 Å². The van der Waals surface area contributed by atoms with E-state index in [9.17, 15) is 0 Å². The molecule has 0 saturated heterocycles. The molecule has 21 heavy (non-hydrogen) atoms. The first-order valence-corrected chi connectivity index (χ1v) is 7.91. The summed E-state index contributed by atoms with van der Waals surface area (Å²) in [5.41, 5.74) is 1.08. The van der Waals surface area contributed by atoms with E-state index in [1.807, 2.05) is 24.3 Å². The highest BCUT2D eigenvalue weighted by atomic mass is 16.6. The van der Waals surface area contributed by atoms with Crippen LogP contribution in [0.4, 0.5) is 0 Å². The highest BCUT2D eigenvalue weighted by molar-refractivity contribution is 6.33. The van der Waals surface area contributed by atoms with E-state index in [0.29, 0.717) is 11.7 Å². The van der Waals surface area contributed by atoms with Gasteiger partial charge in [0.15, 0.2) is 0 Å². The van der Waals surface area contributed by atoms with E-state index in [2.05, 4.69) is 13.5 Å². The summed E-state index contributed by atoms with van der Waals surface area (Å²) in [5.74, 6) is 0.988. The number of hydrogen-bond acceptors (Lipinski definition) is 3. The van der Waals surface area contributed by atoms with Gasteiger partial charge in [-0.25, -0.2) is 0 Å². The lowest BCUT2D eigenvalue weighted by Gasteiger charge is -2.20. The maximum atomic E-state index is 9.06. The van der Waals surface area contributed by atoms with Gasteiger partial charge in [0.2, 0.25) is 0 Å². The molecule has 0 heterocycles. The molecule has 1 rings (SSSR count). The first-order valence-electron chi connectivity index (χ1n) is 7.91. The van der Waals surface area contributed by atoms with Gasteiger partial charge in [0.05, 0.1) is 0 Å². The van der Waals surface area contributed by atoms with E-state index in [4.69, 9.17) is 14.7 Å². The quantitative estimate of drug-likeness (QED) is 0.367. The molecule has 0 aliphatic rings. The number of rotatable bonds is 11. The minimum atomic E-state index is -1.77. The van der Waals surface area contributed by atoms with Gasteiger partial charge in [-0.15, -0.1) is 6.58 Å². The van der Waals surface area contributed by atoms with Crippen molar-refractivity contribution >= 4 is 7.32 Å². The van der Waals surface area contributed by atoms with Crippen molar-refractivity contribution in [2.75, 3.05) is 0 Å². The van der Waals surface area contributed by atoms with E-state index >= 15 is 0 Å². The average Bonchev–Trinajstić information content (AvgIpc) is 2.47. The zero-order valence-electron chi connectivity index (χ0n) is 13.0. The molecular weight excluding hydrogens is 263 g/mol. The number of para-hydroxylation sites is 1. The Labute approximate surface area is 128 Å². The molecule has 2 N–H and O–H groups in total. The van der Waals surface area contributed by atoms with Crippen LogP contribution in [0.5, 0.6) is 5.75 Å². The Morgan fingerprint density at radius 1 is 1.19 bits per heavy atom. The van der Waals surface area contributed by atoms with Crippen LogP contribution in [-0.2, 0) is 0 Å². The zero-order valence-corrected chi connectivity index (χ0v) is 13.0. The molecule has 0 aliphatic heterocycles. The predicted molar refractivity (Wildman–Crippen MR) is 88.2 cm³/mol. The molecule has 0 spiro atoms. The van der Waals surface area contributed by atoms with Gasteiger partial charge in [-0.3, -0.25) is 0 Å². The normalized spacial score (nSPS) is 12.0. The van der Waals surface area contributed by atoms with Crippen LogP contribution in [0.15, 0.2) is 36.9 Å². The average molecular weight is 290 g/mol. The Morgan fingerprint density at radius 3 is 2.57 bits per heavy atom. The molecule has 1 aromatic rings. The summed E-state index contributed by atoms with van der Waals surface area (Å²) in [4.78, 5) is 0. The fourth-order valence-electron chi connectivity index (χ4n) is 2.62. The SMILES string of the molecule is C=CCCCCC(CCCC)c1ccccc1OB(O)O. The minimum Gasteiger partial charge on any atom is -0.512 e. The third-order valence-electron chi connectivity index (χ3n) is 3.71. The van der Waals surface area contributed by atoms with Gasteiger partial charge >= 0.3 is 7.32 Å². The summed E-state index contributed by atoms with van der Waals surface area (Å²) in [6, 6.07) is 7.67. The largest absolute Gasteiger partial charge is 0.707 e. The Bertz CT molecular complexity index is 407. The lowest BCUT2D eigenvalue weighted by molar-refractivity contribution is 0.285. The topological polar surface area (TPSA) is 49.7 Å². The summed E-state index contributed by atoms with van der Waals surface area (Å²) >= 11 is 0. The second-order valence-corrected chi connectivity index (χ2v) is 5.39. The molecule has 1 atom stereocenters. The third kappa shape index (κ3) is 6.83. The van der Waals surface area contributed by atoms with Gasteiger partial charge in [-0.2, -0.15) is 0 Å². The highest BCUT2D eigenvalue weighted by Gasteiger charge is 2.19. The molecule has 3 nitrogen and oxygen atoms in total. The summed E-state index contributed by atoms with van der Waals surface area (Å²) in [5, 5.41) is 18.1. The van der Waals surface area contributed by atoms with Crippen LogP contribution < -0.4 is 4.65 Å². The van der Waals surface area contributed by atoms with Crippen LogP contribution in [0.25, 0.3) is 0 Å². The number of unbranched alkanes of at least 4 members (excludes halogenated alkanes) is 3. The molecule has 0 saturated carbocycles. The second kappa shape index (κ2) is 10.5. The molecule has 0 radical (unpaired) electrons. The van der Waals surface area contributed by atoms with Gasteiger partial charge in [0, 0.05) is 0 Å². The fourth-order valence-corrected chi connectivity index (χ4v) is 2.62. The van der Waals surface area contributed by atoms with Crippen LogP contribution in [0.3, 0.4) is 0 Å². The van der Waals surface area contributed by atoms with Gasteiger partial charge in [-0.05, 0) is 43.2 Å². The smallest absolute Gasteiger partial charge is 0.512 e. The number of hydrogen-bond donors (Lipinski definition) is 2. The first-order chi connectivity index (χ1) is 10.2. The number of benzene rings is 1. The third-order valence-corrected chi connectivity index (χ3v) is 3.71. The van der Waals surface area contributed by atoms with Crippen molar-refractivity contribution in [1.82, 2.24) is 0 Å². The zero-order chi connectivity index (χ0) is 15.5. The number of allylic oxidation sites excluding steroid dienone is 1. The van der Waals surface area contributed by atoms with E-state index < -0.39 is 7.32 Å². The van der Waals surface area contributed by atoms with Crippen LogP contribution in [0.2, 0.25) is 0 Å². The summed E-state index contributed by atoms with van der Waals surface area (Å²) < 4.78 is 5.13. The maximum absolute atomic E-state index is 9.06. The van der Waals surface area contributed by atoms with Crippen molar-refractivity contribution in [2.45, 2.75) is 57.8 Å². The van der Waals surface area contributed by atoms with Crippen molar-refractivity contribution in [3.63, 3.8) is 0 Å². The first kappa shape index (κ1) is 17.8. The standard InChI is InChI=1S/C17H27BO3/c1-3-5-7-8-12-15(11-6-4-2)16-13-9-10-14-17(16)21-18(19)20/h3,9-10,13-15,19-20H,1,4-8,11-12H2,2H3. The van der Waals surface area contributed by atoms with Crippen LogP contribution in [-0.4, -0.2) is 17.4 Å².